The van der Waals surface area contributed by atoms with Crippen molar-refractivity contribution < 1.29 is 22.7 Å². The first kappa shape index (κ1) is 32.9. The van der Waals surface area contributed by atoms with Crippen LogP contribution in [0.25, 0.3) is 0 Å². The SMILES string of the molecule is CC[C@H](C)NC(=O)[C@H](CC)N(Cc1ccc(OC)cc1)C(=O)CN(c1ccc(Cl)cc1C)S(=O)(=O)c1ccc(C)cc1. The Kier molecular flexibility index (Phi) is 11.4. The lowest BCUT2D eigenvalue weighted by atomic mass is 10.1. The molecule has 0 fully saturated rings. The molecule has 0 unspecified atom stereocenters. The number of carbonyl (C=O) groups excluding carboxylic acids is 2. The molecule has 0 aliphatic rings. The first-order valence-corrected chi connectivity index (χ1v) is 15.8. The quantitative estimate of drug-likeness (QED) is 0.260. The van der Waals surface area contributed by atoms with Crippen molar-refractivity contribution in [3.8, 4) is 5.75 Å². The number of halogens is 1. The molecule has 0 aromatic heterocycles. The second kappa shape index (κ2) is 14.6. The van der Waals surface area contributed by atoms with Crippen LogP contribution < -0.4 is 14.4 Å². The topological polar surface area (TPSA) is 96.0 Å². The maximum absolute atomic E-state index is 14.2. The molecule has 226 valence electrons. The van der Waals surface area contributed by atoms with E-state index in [9.17, 15) is 18.0 Å². The Hall–Kier alpha value is -3.56. The van der Waals surface area contributed by atoms with Gasteiger partial charge in [0.2, 0.25) is 11.8 Å². The van der Waals surface area contributed by atoms with Gasteiger partial charge < -0.3 is 15.0 Å². The minimum absolute atomic E-state index is 0.0542. The highest BCUT2D eigenvalue weighted by Crippen LogP contribution is 2.30. The van der Waals surface area contributed by atoms with E-state index >= 15 is 0 Å². The van der Waals surface area contributed by atoms with E-state index in [0.29, 0.717) is 28.4 Å². The van der Waals surface area contributed by atoms with Crippen LogP contribution >= 0.6 is 11.6 Å². The fourth-order valence-electron chi connectivity index (χ4n) is 4.54. The molecule has 8 nitrogen and oxygen atoms in total. The van der Waals surface area contributed by atoms with Crippen molar-refractivity contribution in [1.82, 2.24) is 10.2 Å². The first-order valence-electron chi connectivity index (χ1n) is 14.0. The maximum Gasteiger partial charge on any atom is 0.264 e. The van der Waals surface area contributed by atoms with Gasteiger partial charge in [-0.2, -0.15) is 0 Å². The second-order valence-corrected chi connectivity index (χ2v) is 12.7. The van der Waals surface area contributed by atoms with Crippen molar-refractivity contribution in [3.05, 3.63) is 88.4 Å². The van der Waals surface area contributed by atoms with Crippen LogP contribution in [0.3, 0.4) is 0 Å². The molecule has 2 atom stereocenters. The van der Waals surface area contributed by atoms with Gasteiger partial charge in [0.25, 0.3) is 10.0 Å². The number of methoxy groups -OCH3 is 1. The smallest absolute Gasteiger partial charge is 0.264 e. The Morgan fingerprint density at radius 3 is 2.14 bits per heavy atom. The highest BCUT2D eigenvalue weighted by atomic mass is 35.5. The van der Waals surface area contributed by atoms with Crippen LogP contribution in [0, 0.1) is 13.8 Å². The number of hydrogen-bond acceptors (Lipinski definition) is 5. The van der Waals surface area contributed by atoms with Gasteiger partial charge in [-0.3, -0.25) is 13.9 Å². The molecular weight excluding hydrogens is 574 g/mol. The third kappa shape index (κ3) is 8.04. The predicted molar refractivity (Wildman–Crippen MR) is 167 cm³/mol. The lowest BCUT2D eigenvalue weighted by Gasteiger charge is -2.34. The molecule has 0 saturated carbocycles. The predicted octanol–water partition coefficient (Wildman–Crippen LogP) is 5.88. The van der Waals surface area contributed by atoms with Crippen LogP contribution in [-0.4, -0.2) is 50.9 Å². The van der Waals surface area contributed by atoms with Crippen molar-refractivity contribution in [3.63, 3.8) is 0 Å². The van der Waals surface area contributed by atoms with E-state index in [1.165, 1.54) is 17.0 Å². The van der Waals surface area contributed by atoms with Crippen LogP contribution in [0.5, 0.6) is 5.75 Å². The van der Waals surface area contributed by atoms with E-state index in [0.717, 1.165) is 21.9 Å². The number of hydrogen-bond donors (Lipinski definition) is 1. The summed E-state index contributed by atoms with van der Waals surface area (Å²) in [4.78, 5) is 29.1. The van der Waals surface area contributed by atoms with Gasteiger partial charge in [-0.15, -0.1) is 0 Å². The van der Waals surface area contributed by atoms with Gasteiger partial charge in [0.15, 0.2) is 0 Å². The molecule has 0 heterocycles. The summed E-state index contributed by atoms with van der Waals surface area (Å²) in [6.07, 6.45) is 1.07. The molecule has 3 aromatic rings. The zero-order valence-corrected chi connectivity index (χ0v) is 26.6. The molecule has 0 radical (unpaired) electrons. The number of nitrogens with one attached hydrogen (secondary N) is 1. The molecule has 3 rings (SSSR count). The van der Waals surface area contributed by atoms with E-state index in [2.05, 4.69) is 5.32 Å². The van der Waals surface area contributed by atoms with Gasteiger partial charge in [0, 0.05) is 17.6 Å². The van der Waals surface area contributed by atoms with Crippen LogP contribution in [0.15, 0.2) is 71.6 Å². The highest BCUT2D eigenvalue weighted by molar-refractivity contribution is 7.92. The summed E-state index contributed by atoms with van der Waals surface area (Å²) in [5.74, 6) is -0.141. The maximum atomic E-state index is 14.2. The number of anilines is 1. The third-order valence-corrected chi connectivity index (χ3v) is 9.22. The fourth-order valence-corrected chi connectivity index (χ4v) is 6.24. The van der Waals surface area contributed by atoms with E-state index in [-0.39, 0.29) is 23.4 Å². The number of carbonyl (C=O) groups is 2. The van der Waals surface area contributed by atoms with Crippen LogP contribution in [0.4, 0.5) is 5.69 Å². The summed E-state index contributed by atoms with van der Waals surface area (Å²) < 4.78 is 34.5. The number of sulfonamides is 1. The van der Waals surface area contributed by atoms with Crippen molar-refractivity contribution in [2.45, 2.75) is 71.0 Å². The summed E-state index contributed by atoms with van der Waals surface area (Å²) in [5.41, 5.74) is 2.60. The summed E-state index contributed by atoms with van der Waals surface area (Å²) >= 11 is 6.19. The average Bonchev–Trinajstić information content (AvgIpc) is 2.96. The molecule has 42 heavy (non-hydrogen) atoms. The Balaban J connectivity index is 2.09. The Morgan fingerprint density at radius 2 is 1.60 bits per heavy atom. The number of aryl methyl sites for hydroxylation is 2. The number of amides is 2. The van der Waals surface area contributed by atoms with E-state index in [1.807, 2.05) is 39.8 Å². The van der Waals surface area contributed by atoms with Gasteiger partial charge in [-0.05, 0) is 87.2 Å². The normalized spacial score (nSPS) is 12.7. The molecule has 0 bridgehead atoms. The van der Waals surface area contributed by atoms with Gasteiger partial charge in [0.05, 0.1) is 17.7 Å². The first-order chi connectivity index (χ1) is 19.9. The van der Waals surface area contributed by atoms with Crippen molar-refractivity contribution in [2.75, 3.05) is 18.0 Å². The zero-order chi connectivity index (χ0) is 31.0. The Bertz CT molecular complexity index is 1480. The molecule has 0 aliphatic heterocycles. The molecule has 0 saturated heterocycles. The minimum Gasteiger partial charge on any atom is -0.497 e. The Labute approximate surface area is 254 Å². The number of benzene rings is 3. The zero-order valence-electron chi connectivity index (χ0n) is 25.1. The molecule has 10 heteroatoms. The molecule has 3 aromatic carbocycles. The number of nitrogens with zero attached hydrogens (tertiary/aromatic N) is 2. The lowest BCUT2D eigenvalue weighted by molar-refractivity contribution is -0.140. The summed E-state index contributed by atoms with van der Waals surface area (Å²) in [6.45, 7) is 8.91. The van der Waals surface area contributed by atoms with Gasteiger partial charge in [0.1, 0.15) is 18.3 Å². The summed E-state index contributed by atoms with van der Waals surface area (Å²) in [5, 5.41) is 3.43. The average molecular weight is 614 g/mol. The molecule has 2 amide bonds. The largest absolute Gasteiger partial charge is 0.497 e. The van der Waals surface area contributed by atoms with Crippen LogP contribution in [-0.2, 0) is 26.2 Å². The van der Waals surface area contributed by atoms with Crippen molar-refractivity contribution in [2.24, 2.45) is 0 Å². The summed E-state index contributed by atoms with van der Waals surface area (Å²) in [6, 6.07) is 17.6. The third-order valence-electron chi connectivity index (χ3n) is 7.21. The Morgan fingerprint density at radius 1 is 0.952 bits per heavy atom. The second-order valence-electron chi connectivity index (χ2n) is 10.4. The number of rotatable bonds is 13. The van der Waals surface area contributed by atoms with Gasteiger partial charge >= 0.3 is 0 Å². The minimum atomic E-state index is -4.17. The van der Waals surface area contributed by atoms with Crippen molar-refractivity contribution in [1.29, 1.82) is 0 Å². The molecular formula is C32H40ClN3O5S. The highest BCUT2D eigenvalue weighted by Gasteiger charge is 2.34. The molecule has 0 aliphatic carbocycles. The summed E-state index contributed by atoms with van der Waals surface area (Å²) in [7, 11) is -2.60. The van der Waals surface area contributed by atoms with Gasteiger partial charge in [-0.1, -0.05) is 55.3 Å². The lowest BCUT2D eigenvalue weighted by Crippen LogP contribution is -2.53. The van der Waals surface area contributed by atoms with Crippen LogP contribution in [0.2, 0.25) is 5.02 Å². The van der Waals surface area contributed by atoms with E-state index in [1.54, 1.807) is 56.5 Å². The van der Waals surface area contributed by atoms with Gasteiger partial charge in [-0.25, -0.2) is 8.42 Å². The van der Waals surface area contributed by atoms with Crippen LogP contribution in [0.1, 0.15) is 50.3 Å². The van der Waals surface area contributed by atoms with Crippen molar-refractivity contribution >= 4 is 39.1 Å². The molecule has 0 spiro atoms. The fraction of sp³-hybridized carbons (Fsp3) is 0.375. The monoisotopic (exact) mass is 613 g/mol. The molecule has 1 N–H and O–H groups in total. The van der Waals surface area contributed by atoms with E-state index < -0.39 is 28.5 Å². The number of ether oxygens (including phenoxy) is 1. The standard InChI is InChI=1S/C32H40ClN3O5S/c1-7-24(5)34-32(38)29(8-2)35(20-25-11-14-27(41-6)15-12-25)31(37)21-36(30-18-13-26(33)19-23(30)4)42(39,40)28-16-9-22(3)10-17-28/h9-19,24,29H,7-8,20-21H2,1-6H3,(H,34,38)/t24-,29-/m0/s1. The van der Waals surface area contributed by atoms with E-state index in [4.69, 9.17) is 16.3 Å².